The topological polar surface area (TPSA) is 135 Å². The third-order valence-electron chi connectivity index (χ3n) is 5.89. The largest absolute Gasteiger partial charge is 0.528 e. The van der Waals surface area contributed by atoms with Crippen molar-refractivity contribution in [1.29, 1.82) is 0 Å². The van der Waals surface area contributed by atoms with Crippen LogP contribution in [0.25, 0.3) is 10.9 Å². The van der Waals surface area contributed by atoms with E-state index in [0.717, 1.165) is 28.8 Å². The van der Waals surface area contributed by atoms with Gasteiger partial charge in [0.05, 0.1) is 10.5 Å². The predicted molar refractivity (Wildman–Crippen MR) is 142 cm³/mol. The average molecular weight is 561 g/mol. The number of nitrogens with zero attached hydrogens (tertiary/aromatic N) is 3. The molecule has 192 valence electrons. The fourth-order valence-corrected chi connectivity index (χ4v) is 5.60. The number of anilines is 2. The monoisotopic (exact) mass is 560 g/mol. The van der Waals surface area contributed by atoms with Gasteiger partial charge in [0.2, 0.25) is 0 Å². The van der Waals surface area contributed by atoms with Crippen LogP contribution >= 0.6 is 34.5 Å². The molecule has 4 aromatic rings. The van der Waals surface area contributed by atoms with Crippen LogP contribution in [0.1, 0.15) is 39.8 Å². The molecule has 0 aliphatic carbocycles. The van der Waals surface area contributed by atoms with Gasteiger partial charge in [-0.05, 0) is 54.8 Å². The van der Waals surface area contributed by atoms with Crippen LogP contribution in [0.4, 0.5) is 16.3 Å². The number of aromatic nitrogens is 3. The van der Waals surface area contributed by atoms with Gasteiger partial charge in [-0.25, -0.2) is 9.78 Å². The van der Waals surface area contributed by atoms with E-state index in [4.69, 9.17) is 38.5 Å². The summed E-state index contributed by atoms with van der Waals surface area (Å²) in [4.78, 5) is 34.7. The van der Waals surface area contributed by atoms with E-state index in [2.05, 4.69) is 20.5 Å². The van der Waals surface area contributed by atoms with Gasteiger partial charge in [-0.3, -0.25) is 9.89 Å². The summed E-state index contributed by atoms with van der Waals surface area (Å²) in [6.07, 6.45) is 0.659. The van der Waals surface area contributed by atoms with Crippen molar-refractivity contribution in [3.8, 4) is 0 Å². The molecule has 0 spiro atoms. The van der Waals surface area contributed by atoms with E-state index in [1.807, 2.05) is 0 Å². The molecule has 5 rings (SSSR count). The SMILES string of the molecule is Nc1n[nH]c2cc(NC(=O)c3csc(C4CCN(OC(=O)OCc5cc(Cl)cc(Cl)c5)CC4)n3)ccc12. The summed E-state index contributed by atoms with van der Waals surface area (Å²) in [6, 6.07) is 10.3. The van der Waals surface area contributed by atoms with Crippen LogP contribution in [0.5, 0.6) is 0 Å². The van der Waals surface area contributed by atoms with Crippen molar-refractivity contribution >= 4 is 69.0 Å². The number of hydrogen-bond donors (Lipinski definition) is 3. The molecular weight excluding hydrogens is 539 g/mol. The van der Waals surface area contributed by atoms with Crippen LogP contribution in [-0.2, 0) is 16.2 Å². The minimum Gasteiger partial charge on any atom is -0.428 e. The van der Waals surface area contributed by atoms with Gasteiger partial charge in [0.1, 0.15) is 12.3 Å². The van der Waals surface area contributed by atoms with Crippen molar-refractivity contribution in [2.24, 2.45) is 0 Å². The quantitative estimate of drug-likeness (QED) is 0.259. The highest BCUT2D eigenvalue weighted by molar-refractivity contribution is 7.10. The lowest BCUT2D eigenvalue weighted by Gasteiger charge is -2.28. The highest BCUT2D eigenvalue weighted by atomic mass is 35.5. The van der Waals surface area contributed by atoms with Crippen molar-refractivity contribution < 1.29 is 19.2 Å². The molecule has 37 heavy (non-hydrogen) atoms. The Labute approximate surface area is 225 Å². The Hall–Kier alpha value is -3.38. The summed E-state index contributed by atoms with van der Waals surface area (Å²) in [5, 5.41) is 15.6. The lowest BCUT2D eigenvalue weighted by molar-refractivity contribution is -0.140. The molecule has 2 aromatic carbocycles. The smallest absolute Gasteiger partial charge is 0.428 e. The number of hydrogen-bond acceptors (Lipinski definition) is 9. The first-order valence-electron chi connectivity index (χ1n) is 11.4. The molecule has 1 saturated heterocycles. The van der Waals surface area contributed by atoms with E-state index in [9.17, 15) is 9.59 Å². The van der Waals surface area contributed by atoms with Gasteiger partial charge in [0.15, 0.2) is 5.82 Å². The number of amides is 1. The summed E-state index contributed by atoms with van der Waals surface area (Å²) < 4.78 is 5.17. The van der Waals surface area contributed by atoms with Crippen molar-refractivity contribution in [1.82, 2.24) is 20.2 Å². The van der Waals surface area contributed by atoms with E-state index >= 15 is 0 Å². The summed E-state index contributed by atoms with van der Waals surface area (Å²) in [5.41, 5.74) is 8.17. The minimum atomic E-state index is -0.793. The molecule has 0 bridgehead atoms. The van der Waals surface area contributed by atoms with Crippen LogP contribution in [0, 0.1) is 0 Å². The Kier molecular flexibility index (Phi) is 7.47. The number of hydroxylamine groups is 2. The average Bonchev–Trinajstić information content (AvgIpc) is 3.50. The van der Waals surface area contributed by atoms with E-state index in [-0.39, 0.29) is 18.4 Å². The highest BCUT2D eigenvalue weighted by Crippen LogP contribution is 2.31. The number of fused-ring (bicyclic) bond motifs is 1. The molecule has 1 amide bonds. The molecule has 1 aliphatic rings. The molecule has 4 N–H and O–H groups in total. The van der Waals surface area contributed by atoms with Crippen molar-refractivity contribution in [2.45, 2.75) is 25.4 Å². The fraction of sp³-hybridized carbons (Fsp3) is 0.250. The number of H-pyrrole nitrogens is 1. The van der Waals surface area contributed by atoms with Crippen LogP contribution in [0.3, 0.4) is 0 Å². The molecule has 1 fully saturated rings. The molecular formula is C24H22Cl2N6O4S. The van der Waals surface area contributed by atoms with Crippen molar-refractivity contribution in [3.05, 3.63) is 68.1 Å². The Bertz CT molecular complexity index is 1430. The third-order valence-corrected chi connectivity index (χ3v) is 7.33. The lowest BCUT2D eigenvalue weighted by Crippen LogP contribution is -2.35. The number of carbonyl (C=O) groups is 2. The number of ether oxygens (including phenoxy) is 1. The Morgan fingerprint density at radius 3 is 2.68 bits per heavy atom. The minimum absolute atomic E-state index is 0.00331. The third kappa shape index (κ3) is 6.13. The number of halogens is 2. The molecule has 1 aliphatic heterocycles. The fourth-order valence-electron chi connectivity index (χ4n) is 4.06. The summed E-state index contributed by atoms with van der Waals surface area (Å²) in [5.74, 6) is 0.285. The van der Waals surface area contributed by atoms with E-state index < -0.39 is 6.16 Å². The Balaban J connectivity index is 1.09. The number of benzene rings is 2. The second-order valence-electron chi connectivity index (χ2n) is 8.51. The van der Waals surface area contributed by atoms with Gasteiger partial charge < -0.3 is 20.6 Å². The van der Waals surface area contributed by atoms with Gasteiger partial charge in [-0.15, -0.1) is 16.4 Å². The predicted octanol–water partition coefficient (Wildman–Crippen LogP) is 5.61. The zero-order chi connectivity index (χ0) is 25.9. The van der Waals surface area contributed by atoms with Gasteiger partial charge in [0.25, 0.3) is 5.91 Å². The van der Waals surface area contributed by atoms with E-state index in [1.54, 1.807) is 46.8 Å². The molecule has 3 heterocycles. The number of piperidine rings is 1. The first-order valence-corrected chi connectivity index (χ1v) is 13.0. The second-order valence-corrected chi connectivity index (χ2v) is 10.3. The molecule has 0 unspecified atom stereocenters. The van der Waals surface area contributed by atoms with Crippen LogP contribution in [0.15, 0.2) is 41.8 Å². The molecule has 0 saturated carbocycles. The number of aromatic amines is 1. The maximum absolute atomic E-state index is 12.7. The summed E-state index contributed by atoms with van der Waals surface area (Å²) in [6.45, 7) is 1.05. The first kappa shape index (κ1) is 25.3. The van der Waals surface area contributed by atoms with Crippen LogP contribution in [0.2, 0.25) is 10.0 Å². The molecule has 2 aromatic heterocycles. The molecule has 0 radical (unpaired) electrons. The van der Waals surface area contributed by atoms with Crippen molar-refractivity contribution in [2.75, 3.05) is 24.1 Å². The maximum atomic E-state index is 12.7. The summed E-state index contributed by atoms with van der Waals surface area (Å²) >= 11 is 13.4. The molecule has 0 atom stereocenters. The number of nitrogen functional groups attached to an aromatic ring is 1. The normalized spacial score (nSPS) is 14.5. The van der Waals surface area contributed by atoms with Crippen LogP contribution < -0.4 is 11.1 Å². The zero-order valence-corrected chi connectivity index (χ0v) is 21.7. The van der Waals surface area contributed by atoms with Crippen LogP contribution in [-0.4, -0.2) is 45.4 Å². The number of carbonyl (C=O) groups excluding carboxylic acids is 2. The standard InChI is InChI=1S/C24H22Cl2N6O4S/c25-15-7-13(8-16(26)9-15)11-35-24(34)36-32-5-3-14(4-6-32)23-29-20(12-37-23)22(33)28-17-1-2-18-19(10-17)30-31-21(18)27/h1-2,7-10,12,14H,3-6,11H2,(H,28,33)(H3,27,30,31). The number of nitrogens with two attached hydrogens (primary N) is 1. The van der Waals surface area contributed by atoms with E-state index in [0.29, 0.717) is 45.9 Å². The zero-order valence-electron chi connectivity index (χ0n) is 19.4. The number of nitrogens with one attached hydrogen (secondary N) is 2. The summed E-state index contributed by atoms with van der Waals surface area (Å²) in [7, 11) is 0. The van der Waals surface area contributed by atoms with Gasteiger partial charge in [-0.1, -0.05) is 23.2 Å². The lowest BCUT2D eigenvalue weighted by atomic mass is 9.99. The first-order chi connectivity index (χ1) is 17.8. The van der Waals surface area contributed by atoms with Gasteiger partial charge in [-0.2, -0.15) is 5.10 Å². The van der Waals surface area contributed by atoms with Gasteiger partial charge >= 0.3 is 6.16 Å². The highest BCUT2D eigenvalue weighted by Gasteiger charge is 2.26. The number of rotatable bonds is 6. The number of thiazole rings is 1. The van der Waals surface area contributed by atoms with Crippen molar-refractivity contribution in [3.63, 3.8) is 0 Å². The van der Waals surface area contributed by atoms with Gasteiger partial charge in [0, 0.05) is 45.5 Å². The molecule has 13 heteroatoms. The van der Waals surface area contributed by atoms with E-state index in [1.165, 1.54) is 11.3 Å². The molecule has 10 nitrogen and oxygen atoms in total. The Morgan fingerprint density at radius 2 is 1.92 bits per heavy atom. The second kappa shape index (κ2) is 10.9. The Morgan fingerprint density at radius 1 is 1.16 bits per heavy atom. The maximum Gasteiger partial charge on any atom is 0.528 e.